The van der Waals surface area contributed by atoms with Crippen molar-refractivity contribution in [3.63, 3.8) is 0 Å². The van der Waals surface area contributed by atoms with E-state index >= 15 is 0 Å². The van der Waals surface area contributed by atoms with Gasteiger partial charge in [0, 0.05) is 10.4 Å². The van der Waals surface area contributed by atoms with E-state index in [1.54, 1.807) is 50.2 Å². The number of hydrogen-bond acceptors (Lipinski definition) is 8. The molecular weight excluding hydrogens is 562 g/mol. The Balaban J connectivity index is 1.04. The van der Waals surface area contributed by atoms with Crippen LogP contribution < -0.4 is 16.1 Å². The number of nitrogens with one attached hydrogen (secondary N) is 3. The predicted octanol–water partition coefficient (Wildman–Crippen LogP) is 1.63. The molecule has 2 aromatic rings. The number of thioether (sulfide) groups is 1. The minimum absolute atomic E-state index is 0.0642. The van der Waals surface area contributed by atoms with Crippen LogP contribution in [0, 0.1) is 11.3 Å². The monoisotopic (exact) mass is 589 g/mol. The van der Waals surface area contributed by atoms with Crippen LogP contribution in [-0.2, 0) is 20.8 Å². The first kappa shape index (κ1) is 27.6. The Hall–Kier alpha value is -4.61. The number of carbonyl (C=O) groups is 5. The van der Waals surface area contributed by atoms with Gasteiger partial charge in [-0.05, 0) is 49.2 Å². The fraction of sp³-hybridized carbons (Fsp3) is 0.357. The number of carboxylic acids is 1. The highest BCUT2D eigenvalue weighted by Crippen LogP contribution is 2.50. The smallest absolute Gasteiger partial charge is 0.342 e. The van der Waals surface area contributed by atoms with Crippen molar-refractivity contribution in [1.82, 2.24) is 25.6 Å². The molecule has 4 fully saturated rings. The van der Waals surface area contributed by atoms with Gasteiger partial charge in [-0.3, -0.25) is 14.6 Å². The third-order valence-electron chi connectivity index (χ3n) is 7.98. The Bertz CT molecular complexity index is 1560. The van der Waals surface area contributed by atoms with E-state index < -0.39 is 52.1 Å². The number of hydrogen-bond donors (Lipinski definition) is 4. The number of amides is 6. The number of nitriles is 1. The number of carboxylic acid groups (broad SMARTS) is 1. The van der Waals surface area contributed by atoms with Crippen molar-refractivity contribution in [1.29, 1.82) is 5.26 Å². The molecule has 0 aromatic heterocycles. The lowest BCUT2D eigenvalue weighted by Gasteiger charge is -2.43. The Morgan fingerprint density at radius 3 is 2.60 bits per heavy atom. The molecule has 13 nitrogen and oxygen atoms in total. The van der Waals surface area contributed by atoms with Gasteiger partial charge in [0.1, 0.15) is 17.5 Å². The van der Waals surface area contributed by atoms with Crippen LogP contribution in [0.2, 0.25) is 0 Å². The van der Waals surface area contributed by atoms with Gasteiger partial charge in [-0.15, -0.1) is 11.8 Å². The molecule has 0 aliphatic carbocycles. The highest BCUT2D eigenvalue weighted by Gasteiger charge is 2.64. The summed E-state index contributed by atoms with van der Waals surface area (Å²) in [6.45, 7) is 3.71. The lowest BCUT2D eigenvalue weighted by molar-refractivity contribution is -0.161. The number of hydrazine groups is 1. The summed E-state index contributed by atoms with van der Waals surface area (Å²) >= 11 is 1.35. The lowest BCUT2D eigenvalue weighted by Crippen LogP contribution is -2.70. The molecule has 0 radical (unpaired) electrons. The summed E-state index contributed by atoms with van der Waals surface area (Å²) in [7, 11) is 0. The lowest BCUT2D eigenvalue weighted by atomic mass is 9.95. The summed E-state index contributed by atoms with van der Waals surface area (Å²) in [6, 6.07) is 12.5. The molecule has 4 aliphatic heterocycles. The van der Waals surface area contributed by atoms with Crippen molar-refractivity contribution < 1.29 is 29.1 Å². The zero-order valence-electron chi connectivity index (χ0n) is 22.6. The van der Waals surface area contributed by atoms with E-state index in [4.69, 9.17) is 5.26 Å². The zero-order chi connectivity index (χ0) is 29.9. The molecule has 14 heteroatoms. The predicted molar refractivity (Wildman–Crippen MR) is 150 cm³/mol. The maximum Gasteiger partial charge on any atom is 0.342 e. The molecule has 6 rings (SSSR count). The number of fused-ring (bicyclic) bond motifs is 2. The first-order valence-electron chi connectivity index (χ1n) is 13.3. The van der Waals surface area contributed by atoms with Crippen molar-refractivity contribution in [2.75, 3.05) is 11.9 Å². The van der Waals surface area contributed by atoms with Crippen LogP contribution in [0.1, 0.15) is 36.6 Å². The summed E-state index contributed by atoms with van der Waals surface area (Å²) in [5.74, 6) is -1.90. The van der Waals surface area contributed by atoms with Crippen LogP contribution in [0.15, 0.2) is 48.5 Å². The Kier molecular flexibility index (Phi) is 6.58. The average Bonchev–Trinajstić information content (AvgIpc) is 3.34. The summed E-state index contributed by atoms with van der Waals surface area (Å²) in [5, 5.41) is 25.0. The van der Waals surface area contributed by atoms with E-state index in [0.29, 0.717) is 16.8 Å². The molecular formula is C28H27N7O6S. The number of benzene rings is 2. The largest absolute Gasteiger partial charge is 0.480 e. The van der Waals surface area contributed by atoms with Gasteiger partial charge in [0.15, 0.2) is 0 Å². The van der Waals surface area contributed by atoms with Gasteiger partial charge in [-0.1, -0.05) is 24.3 Å². The van der Waals surface area contributed by atoms with Gasteiger partial charge in [-0.25, -0.2) is 24.7 Å². The minimum atomic E-state index is -1.07. The highest BCUT2D eigenvalue weighted by atomic mass is 32.2. The standard InChI is InChI=1S/C28H27N7O6S/c1-28(2)22(25(38)39)34-23(37)21(24(34)42-28)31-19(36)11-15-4-3-5-17(10-15)30-26(40)33-13-18-20(32-35(18)27(33)41)16-8-6-14(12-29)7-9-16/h3-10,18,20-22,24,32H,11,13H2,1-2H3,(H,30,40)(H,31,36)(H,38,39)/t18?,20?,21-,22+,24-/m1/s1. The van der Waals surface area contributed by atoms with E-state index in [2.05, 4.69) is 22.1 Å². The first-order chi connectivity index (χ1) is 20.0. The van der Waals surface area contributed by atoms with Gasteiger partial charge in [0.25, 0.3) is 0 Å². The molecule has 4 heterocycles. The molecule has 2 aromatic carbocycles. The molecule has 0 bridgehead atoms. The fourth-order valence-electron chi connectivity index (χ4n) is 5.91. The van der Waals surface area contributed by atoms with Crippen molar-refractivity contribution in [2.45, 2.75) is 54.6 Å². The Morgan fingerprint density at radius 2 is 1.90 bits per heavy atom. The SMILES string of the molecule is CC1(C)S[C@@H]2[C@H](NC(=O)Cc3cccc(NC(=O)N4CC5C(c6ccc(C#N)cc6)NN5C4=O)c3)C(=O)N2[C@H]1C(=O)O. The maximum absolute atomic E-state index is 13.0. The van der Waals surface area contributed by atoms with Gasteiger partial charge in [0.05, 0.1) is 36.7 Å². The van der Waals surface area contributed by atoms with Crippen LogP contribution in [0.25, 0.3) is 0 Å². The van der Waals surface area contributed by atoms with Crippen LogP contribution in [-0.4, -0.2) is 84.6 Å². The zero-order valence-corrected chi connectivity index (χ0v) is 23.4. The first-order valence-corrected chi connectivity index (χ1v) is 14.2. The maximum atomic E-state index is 13.0. The quantitative estimate of drug-likeness (QED) is 0.365. The van der Waals surface area contributed by atoms with E-state index in [0.717, 1.165) is 10.5 Å². The molecule has 4 aliphatic rings. The van der Waals surface area contributed by atoms with Gasteiger partial charge >= 0.3 is 18.0 Å². The topological polar surface area (TPSA) is 175 Å². The normalized spacial score (nSPS) is 26.9. The summed E-state index contributed by atoms with van der Waals surface area (Å²) < 4.78 is -0.688. The minimum Gasteiger partial charge on any atom is -0.480 e. The van der Waals surface area contributed by atoms with Crippen LogP contribution in [0.3, 0.4) is 0 Å². The molecule has 0 saturated carbocycles. The van der Waals surface area contributed by atoms with Crippen LogP contribution in [0.5, 0.6) is 0 Å². The van der Waals surface area contributed by atoms with Gasteiger partial charge in [-0.2, -0.15) is 5.26 Å². The second kappa shape index (κ2) is 10.0. The summed E-state index contributed by atoms with van der Waals surface area (Å²) in [5.41, 5.74) is 5.47. The number of nitrogens with zero attached hydrogens (tertiary/aromatic N) is 4. The van der Waals surface area contributed by atoms with Gasteiger partial charge in [0.2, 0.25) is 11.8 Å². The van der Waals surface area contributed by atoms with Crippen LogP contribution in [0.4, 0.5) is 15.3 Å². The van der Waals surface area contributed by atoms with Crippen molar-refractivity contribution in [2.24, 2.45) is 0 Å². The van der Waals surface area contributed by atoms with Crippen molar-refractivity contribution >= 4 is 47.3 Å². The number of imide groups is 1. The second-order valence-corrected chi connectivity index (χ2v) is 12.9. The number of aliphatic carboxylic acids is 1. The molecule has 6 amide bonds. The molecule has 42 heavy (non-hydrogen) atoms. The molecule has 216 valence electrons. The number of β-lactam (4-membered cyclic amide) rings is 1. The summed E-state index contributed by atoms with van der Waals surface area (Å²) in [4.78, 5) is 65.4. The molecule has 5 atom stereocenters. The van der Waals surface area contributed by atoms with Gasteiger partial charge < -0.3 is 20.6 Å². The van der Waals surface area contributed by atoms with Crippen molar-refractivity contribution in [3.8, 4) is 6.07 Å². The summed E-state index contributed by atoms with van der Waals surface area (Å²) in [6.07, 6.45) is -0.0642. The Morgan fingerprint density at radius 1 is 1.17 bits per heavy atom. The fourth-order valence-corrected chi connectivity index (χ4v) is 7.54. The molecule has 4 saturated heterocycles. The molecule has 2 unspecified atom stereocenters. The highest BCUT2D eigenvalue weighted by molar-refractivity contribution is 8.01. The van der Waals surface area contributed by atoms with Crippen molar-refractivity contribution in [3.05, 3.63) is 65.2 Å². The van der Waals surface area contributed by atoms with E-state index in [1.807, 2.05) is 12.1 Å². The van der Waals surface area contributed by atoms with E-state index in [9.17, 15) is 29.1 Å². The number of anilines is 1. The second-order valence-electron chi connectivity index (χ2n) is 11.1. The third-order valence-corrected chi connectivity index (χ3v) is 9.55. The molecule has 0 spiro atoms. The number of rotatable bonds is 6. The third kappa shape index (κ3) is 4.50. The van der Waals surface area contributed by atoms with E-state index in [-0.39, 0.29) is 25.0 Å². The Labute approximate surface area is 244 Å². The van der Waals surface area contributed by atoms with E-state index in [1.165, 1.54) is 21.7 Å². The number of carbonyl (C=O) groups excluding carboxylic acids is 4. The average molecular weight is 590 g/mol. The molecule has 4 N–H and O–H groups in total. The number of urea groups is 2. The van der Waals surface area contributed by atoms with Crippen LogP contribution >= 0.6 is 11.8 Å².